The lowest BCUT2D eigenvalue weighted by molar-refractivity contribution is 0.221. The van der Waals surface area contributed by atoms with Crippen LogP contribution in [0, 0.1) is 0 Å². The van der Waals surface area contributed by atoms with E-state index in [1.54, 1.807) is 19.4 Å². The van der Waals surface area contributed by atoms with E-state index in [2.05, 4.69) is 39.1 Å². The van der Waals surface area contributed by atoms with Gasteiger partial charge in [0.15, 0.2) is 0 Å². The Morgan fingerprint density at radius 1 is 0.967 bits per heavy atom. The van der Waals surface area contributed by atoms with Gasteiger partial charge in [-0.1, -0.05) is 30.7 Å². The number of likely N-dealkylation sites (tertiary alicyclic amines) is 1. The number of benzene rings is 1. The second-order valence-corrected chi connectivity index (χ2v) is 7.81. The molecule has 3 aromatic rings. The molecule has 2 aromatic heterocycles. The van der Waals surface area contributed by atoms with Crippen molar-refractivity contribution in [1.29, 1.82) is 0 Å². The maximum Gasteiger partial charge on any atom is 0.299 e. The van der Waals surface area contributed by atoms with E-state index in [-0.39, 0.29) is 5.56 Å². The monoisotopic (exact) mass is 404 g/mol. The zero-order valence-corrected chi connectivity index (χ0v) is 17.5. The fourth-order valence-electron chi connectivity index (χ4n) is 3.77. The quantitative estimate of drug-likeness (QED) is 0.604. The second-order valence-electron chi connectivity index (χ2n) is 7.81. The van der Waals surface area contributed by atoms with Crippen LogP contribution in [0.25, 0.3) is 11.3 Å². The largest absolute Gasteiger partial charge is 0.464 e. The van der Waals surface area contributed by atoms with Crippen LogP contribution in [0.1, 0.15) is 30.4 Å². The predicted octanol–water partition coefficient (Wildman–Crippen LogP) is 3.45. The van der Waals surface area contributed by atoms with Crippen LogP contribution in [-0.2, 0) is 20.0 Å². The first-order valence-electron chi connectivity index (χ1n) is 10.6. The number of pyridine rings is 1. The molecule has 0 amide bonds. The molecule has 0 aliphatic carbocycles. The summed E-state index contributed by atoms with van der Waals surface area (Å²) in [5, 5.41) is 0. The van der Waals surface area contributed by atoms with Crippen molar-refractivity contribution >= 4 is 0 Å². The van der Waals surface area contributed by atoms with Crippen molar-refractivity contribution in [2.75, 3.05) is 19.7 Å². The van der Waals surface area contributed by atoms with Crippen LogP contribution >= 0.6 is 0 Å². The Bertz CT molecular complexity index is 1010. The van der Waals surface area contributed by atoms with Crippen LogP contribution < -0.4 is 10.3 Å². The molecule has 156 valence electrons. The van der Waals surface area contributed by atoms with Gasteiger partial charge in [-0.05, 0) is 49.2 Å². The summed E-state index contributed by atoms with van der Waals surface area (Å²) in [5.74, 6) is 0. The molecule has 1 aliphatic rings. The van der Waals surface area contributed by atoms with Gasteiger partial charge < -0.3 is 4.74 Å². The first-order chi connectivity index (χ1) is 14.7. The Kier molecular flexibility index (Phi) is 6.54. The Morgan fingerprint density at radius 3 is 2.40 bits per heavy atom. The highest BCUT2D eigenvalue weighted by molar-refractivity contribution is 5.57. The van der Waals surface area contributed by atoms with Crippen molar-refractivity contribution < 1.29 is 4.74 Å². The summed E-state index contributed by atoms with van der Waals surface area (Å²) >= 11 is 0. The van der Waals surface area contributed by atoms with Crippen molar-refractivity contribution in [3.63, 3.8) is 0 Å². The third-order valence-corrected chi connectivity index (χ3v) is 5.57. The molecule has 0 radical (unpaired) electrons. The number of piperidine rings is 1. The summed E-state index contributed by atoms with van der Waals surface area (Å²) in [6.07, 6.45) is 8.12. The first-order valence-corrected chi connectivity index (χ1v) is 10.6. The van der Waals surface area contributed by atoms with E-state index in [4.69, 9.17) is 4.74 Å². The lowest BCUT2D eigenvalue weighted by Crippen LogP contribution is -2.29. The lowest BCUT2D eigenvalue weighted by Gasteiger charge is -2.26. The van der Waals surface area contributed by atoms with Crippen LogP contribution in [0.4, 0.5) is 0 Å². The number of nitrogens with zero attached hydrogens (tertiary/aromatic N) is 4. The van der Waals surface area contributed by atoms with E-state index in [9.17, 15) is 4.79 Å². The van der Waals surface area contributed by atoms with Gasteiger partial charge in [0.1, 0.15) is 0 Å². The van der Waals surface area contributed by atoms with Crippen molar-refractivity contribution in [3.8, 4) is 17.3 Å². The summed E-state index contributed by atoms with van der Waals surface area (Å²) in [6.45, 7) is 3.91. The summed E-state index contributed by atoms with van der Waals surface area (Å²) in [7, 11) is 1.68. The highest BCUT2D eigenvalue weighted by atomic mass is 16.5. The Hall–Kier alpha value is -2.99. The average Bonchev–Trinajstić information content (AvgIpc) is 2.79. The summed E-state index contributed by atoms with van der Waals surface area (Å²) in [4.78, 5) is 23.4. The normalized spacial score (nSPS) is 14.6. The van der Waals surface area contributed by atoms with E-state index < -0.39 is 0 Å². The highest BCUT2D eigenvalue weighted by Crippen LogP contribution is 2.17. The fourth-order valence-corrected chi connectivity index (χ4v) is 3.77. The molecular formula is C24H28N4O2. The minimum atomic E-state index is -0.145. The molecule has 30 heavy (non-hydrogen) atoms. The van der Waals surface area contributed by atoms with Gasteiger partial charge in [-0.2, -0.15) is 4.98 Å². The SMILES string of the molecule is Cn1c(OCCc2ccc(CN3CCCCC3)cc2)nc(-c2ccncc2)cc1=O. The van der Waals surface area contributed by atoms with Gasteiger partial charge in [0, 0.05) is 44.0 Å². The minimum absolute atomic E-state index is 0.145. The summed E-state index contributed by atoms with van der Waals surface area (Å²) in [5.41, 5.74) is 3.87. The number of ether oxygens (including phenoxy) is 1. The maximum absolute atomic E-state index is 12.3. The number of rotatable bonds is 7. The van der Waals surface area contributed by atoms with Crippen molar-refractivity contribution in [3.05, 3.63) is 76.3 Å². The van der Waals surface area contributed by atoms with Gasteiger partial charge in [-0.3, -0.25) is 19.2 Å². The van der Waals surface area contributed by atoms with Gasteiger partial charge in [0.2, 0.25) is 0 Å². The van der Waals surface area contributed by atoms with Gasteiger partial charge in [0.25, 0.3) is 11.6 Å². The van der Waals surface area contributed by atoms with Crippen molar-refractivity contribution in [2.24, 2.45) is 7.05 Å². The number of aromatic nitrogens is 3. The van der Waals surface area contributed by atoms with E-state index in [0.29, 0.717) is 18.3 Å². The van der Waals surface area contributed by atoms with E-state index in [1.807, 2.05) is 12.1 Å². The standard InChI is InChI=1S/C24H28N4O2/c1-27-23(29)17-22(21-9-12-25-13-10-21)26-24(27)30-16-11-19-5-7-20(8-6-19)18-28-14-3-2-4-15-28/h5-10,12-13,17H,2-4,11,14-16,18H2,1H3. The topological polar surface area (TPSA) is 60.2 Å². The third kappa shape index (κ3) is 5.13. The van der Waals surface area contributed by atoms with Gasteiger partial charge in [0.05, 0.1) is 12.3 Å². The summed E-state index contributed by atoms with van der Waals surface area (Å²) in [6, 6.07) is 14.3. The van der Waals surface area contributed by atoms with Crippen molar-refractivity contribution in [1.82, 2.24) is 19.4 Å². The van der Waals surface area contributed by atoms with E-state index >= 15 is 0 Å². The lowest BCUT2D eigenvalue weighted by atomic mass is 10.1. The Balaban J connectivity index is 1.36. The second kappa shape index (κ2) is 9.67. The molecular weight excluding hydrogens is 376 g/mol. The van der Waals surface area contributed by atoms with Crippen molar-refractivity contribution in [2.45, 2.75) is 32.2 Å². The molecule has 0 saturated carbocycles. The average molecular weight is 405 g/mol. The number of hydrogen-bond donors (Lipinski definition) is 0. The van der Waals surface area contributed by atoms with Crippen LogP contribution in [0.15, 0.2) is 59.7 Å². The van der Waals surface area contributed by atoms with Crippen LogP contribution in [0.3, 0.4) is 0 Å². The molecule has 0 bridgehead atoms. The fraction of sp³-hybridized carbons (Fsp3) is 0.375. The molecule has 1 aromatic carbocycles. The minimum Gasteiger partial charge on any atom is -0.464 e. The Labute approximate surface area is 177 Å². The zero-order valence-electron chi connectivity index (χ0n) is 17.5. The molecule has 0 unspecified atom stereocenters. The van der Waals surface area contributed by atoms with Gasteiger partial charge >= 0.3 is 0 Å². The first kappa shape index (κ1) is 20.3. The highest BCUT2D eigenvalue weighted by Gasteiger charge is 2.11. The zero-order chi connectivity index (χ0) is 20.8. The third-order valence-electron chi connectivity index (χ3n) is 5.57. The van der Waals surface area contributed by atoms with E-state index in [0.717, 1.165) is 18.5 Å². The maximum atomic E-state index is 12.3. The van der Waals surface area contributed by atoms with Crippen LogP contribution in [-0.4, -0.2) is 39.1 Å². The summed E-state index contributed by atoms with van der Waals surface area (Å²) < 4.78 is 7.30. The Morgan fingerprint density at radius 2 is 1.67 bits per heavy atom. The van der Waals surface area contributed by atoms with Gasteiger partial charge in [-0.15, -0.1) is 0 Å². The smallest absolute Gasteiger partial charge is 0.299 e. The van der Waals surface area contributed by atoms with E-state index in [1.165, 1.54) is 54.1 Å². The molecule has 1 aliphatic heterocycles. The molecule has 0 spiro atoms. The molecule has 0 N–H and O–H groups in total. The molecule has 6 nitrogen and oxygen atoms in total. The molecule has 6 heteroatoms. The molecule has 4 rings (SSSR count). The molecule has 1 saturated heterocycles. The molecule has 0 atom stereocenters. The molecule has 1 fully saturated rings. The van der Waals surface area contributed by atoms with Gasteiger partial charge in [-0.25, -0.2) is 0 Å². The van der Waals surface area contributed by atoms with Crippen LogP contribution in [0.5, 0.6) is 6.01 Å². The number of hydrogen-bond acceptors (Lipinski definition) is 5. The predicted molar refractivity (Wildman–Crippen MR) is 117 cm³/mol. The molecule has 3 heterocycles. The van der Waals surface area contributed by atoms with Crippen LogP contribution in [0.2, 0.25) is 0 Å².